The lowest BCUT2D eigenvalue weighted by Gasteiger charge is -2.07. The summed E-state index contributed by atoms with van der Waals surface area (Å²) in [6.07, 6.45) is 0. The molecule has 136 valence electrons. The number of carbonyl (C=O) groups is 1. The molecule has 1 atom stereocenters. The van der Waals surface area contributed by atoms with Crippen LogP contribution >= 0.6 is 0 Å². The van der Waals surface area contributed by atoms with E-state index in [1.807, 2.05) is 24.3 Å². The third-order valence-corrected chi connectivity index (χ3v) is 3.95. The van der Waals surface area contributed by atoms with Crippen LogP contribution in [0, 0.1) is 0 Å². The van der Waals surface area contributed by atoms with Crippen LogP contribution in [0.25, 0.3) is 11.2 Å². The van der Waals surface area contributed by atoms with Gasteiger partial charge in [-0.15, -0.1) is 0 Å². The zero-order chi connectivity index (χ0) is 18.7. The molecule has 5 N–H and O–H groups in total. The average molecular weight is 356 g/mol. The van der Waals surface area contributed by atoms with Gasteiger partial charge in [-0.3, -0.25) is 4.79 Å². The largest absolute Gasteiger partial charge is 0.471 e. The van der Waals surface area contributed by atoms with E-state index >= 15 is 0 Å². The van der Waals surface area contributed by atoms with Gasteiger partial charge in [0.15, 0.2) is 5.65 Å². The molecule has 0 aliphatic heterocycles. The molecule has 26 heavy (non-hydrogen) atoms. The lowest BCUT2D eigenvalue weighted by Crippen LogP contribution is -2.12. The Balaban J connectivity index is 1.87. The fourth-order valence-electron chi connectivity index (χ4n) is 2.43. The Morgan fingerprint density at radius 2 is 1.88 bits per heavy atom. The SMILES string of the molecule is COC(=O)C(C)c1nc2nc(N)nc(OCc3ccc(CN)cc3)c2[nH]1. The topological polar surface area (TPSA) is 142 Å². The number of carbonyl (C=O) groups excluding carboxylic acids is 1. The lowest BCUT2D eigenvalue weighted by molar-refractivity contribution is -0.142. The number of nitrogen functional groups attached to an aromatic ring is 1. The summed E-state index contributed by atoms with van der Waals surface area (Å²) in [6, 6.07) is 7.74. The lowest BCUT2D eigenvalue weighted by atomic mass is 10.1. The zero-order valence-corrected chi connectivity index (χ0v) is 14.5. The number of rotatable bonds is 6. The fraction of sp³-hybridized carbons (Fsp3) is 0.294. The number of nitrogens with two attached hydrogens (primary N) is 2. The fourth-order valence-corrected chi connectivity index (χ4v) is 2.43. The van der Waals surface area contributed by atoms with Gasteiger partial charge in [-0.05, 0) is 18.1 Å². The predicted octanol–water partition coefficient (Wildman–Crippen LogP) is 1.25. The number of imidazole rings is 1. The van der Waals surface area contributed by atoms with E-state index in [4.69, 9.17) is 20.9 Å². The van der Waals surface area contributed by atoms with E-state index in [9.17, 15) is 4.79 Å². The molecule has 9 nitrogen and oxygen atoms in total. The normalized spacial score (nSPS) is 12.1. The molecule has 0 radical (unpaired) electrons. The Kier molecular flexibility index (Phi) is 4.99. The van der Waals surface area contributed by atoms with Crippen LogP contribution in [-0.2, 0) is 22.7 Å². The van der Waals surface area contributed by atoms with Gasteiger partial charge in [-0.2, -0.15) is 9.97 Å². The van der Waals surface area contributed by atoms with Crippen LogP contribution in [0.4, 0.5) is 5.95 Å². The number of hydrogen-bond donors (Lipinski definition) is 3. The van der Waals surface area contributed by atoms with Crippen LogP contribution in [0.1, 0.15) is 29.8 Å². The van der Waals surface area contributed by atoms with Crippen molar-refractivity contribution in [2.24, 2.45) is 5.73 Å². The summed E-state index contributed by atoms with van der Waals surface area (Å²) in [5.41, 5.74) is 14.1. The highest BCUT2D eigenvalue weighted by Gasteiger charge is 2.22. The number of esters is 1. The number of anilines is 1. The Bertz CT molecular complexity index is 922. The van der Waals surface area contributed by atoms with Crippen molar-refractivity contribution in [1.82, 2.24) is 19.9 Å². The Morgan fingerprint density at radius 1 is 1.19 bits per heavy atom. The highest BCUT2D eigenvalue weighted by atomic mass is 16.5. The van der Waals surface area contributed by atoms with Crippen molar-refractivity contribution in [3.05, 3.63) is 41.2 Å². The summed E-state index contributed by atoms with van der Waals surface area (Å²) in [7, 11) is 1.32. The summed E-state index contributed by atoms with van der Waals surface area (Å²) in [6.45, 7) is 2.46. The molecule has 0 aliphatic rings. The number of ether oxygens (including phenoxy) is 2. The molecule has 0 spiro atoms. The number of methoxy groups -OCH3 is 1. The molecule has 9 heteroatoms. The van der Waals surface area contributed by atoms with Crippen molar-refractivity contribution >= 4 is 23.1 Å². The van der Waals surface area contributed by atoms with Gasteiger partial charge < -0.3 is 25.9 Å². The first-order chi connectivity index (χ1) is 12.5. The molecule has 0 saturated heterocycles. The van der Waals surface area contributed by atoms with Crippen molar-refractivity contribution in [2.45, 2.75) is 26.0 Å². The van der Waals surface area contributed by atoms with Crippen LogP contribution in [0.3, 0.4) is 0 Å². The van der Waals surface area contributed by atoms with Gasteiger partial charge in [0.1, 0.15) is 23.9 Å². The van der Waals surface area contributed by atoms with Gasteiger partial charge in [0, 0.05) is 6.54 Å². The maximum absolute atomic E-state index is 11.7. The van der Waals surface area contributed by atoms with Crippen LogP contribution in [0.5, 0.6) is 5.88 Å². The van der Waals surface area contributed by atoms with Crippen molar-refractivity contribution in [1.29, 1.82) is 0 Å². The molecule has 3 aromatic rings. The van der Waals surface area contributed by atoms with Gasteiger partial charge in [0.25, 0.3) is 0 Å². The van der Waals surface area contributed by atoms with Crippen LogP contribution in [0.15, 0.2) is 24.3 Å². The minimum Gasteiger partial charge on any atom is -0.471 e. The minimum absolute atomic E-state index is 0.0368. The number of nitrogens with zero attached hydrogens (tertiary/aromatic N) is 3. The van der Waals surface area contributed by atoms with Crippen molar-refractivity contribution in [2.75, 3.05) is 12.8 Å². The van der Waals surface area contributed by atoms with E-state index in [0.717, 1.165) is 11.1 Å². The maximum atomic E-state index is 11.7. The van der Waals surface area contributed by atoms with Crippen molar-refractivity contribution < 1.29 is 14.3 Å². The van der Waals surface area contributed by atoms with Gasteiger partial charge in [-0.1, -0.05) is 24.3 Å². The first kappa shape index (κ1) is 17.6. The number of nitrogens with one attached hydrogen (secondary N) is 1. The van der Waals surface area contributed by atoms with E-state index in [1.54, 1.807) is 6.92 Å². The summed E-state index contributed by atoms with van der Waals surface area (Å²) >= 11 is 0. The van der Waals surface area contributed by atoms with Gasteiger partial charge in [-0.25, -0.2) is 4.98 Å². The molecule has 2 heterocycles. The Morgan fingerprint density at radius 3 is 2.54 bits per heavy atom. The van der Waals surface area contributed by atoms with Crippen molar-refractivity contribution in [3.8, 4) is 5.88 Å². The van der Waals surface area contributed by atoms with E-state index in [0.29, 0.717) is 23.5 Å². The monoisotopic (exact) mass is 356 g/mol. The molecule has 3 rings (SSSR count). The average Bonchev–Trinajstić information content (AvgIpc) is 3.09. The van der Waals surface area contributed by atoms with E-state index in [2.05, 4.69) is 19.9 Å². The first-order valence-corrected chi connectivity index (χ1v) is 8.03. The Hall–Kier alpha value is -3.20. The highest BCUT2D eigenvalue weighted by Crippen LogP contribution is 2.25. The molecule has 0 amide bonds. The van der Waals surface area contributed by atoms with E-state index < -0.39 is 11.9 Å². The smallest absolute Gasteiger partial charge is 0.316 e. The quantitative estimate of drug-likeness (QED) is 0.560. The van der Waals surface area contributed by atoms with Gasteiger partial charge >= 0.3 is 5.97 Å². The summed E-state index contributed by atoms with van der Waals surface area (Å²) in [5.74, 6) is -0.274. The van der Waals surface area contributed by atoms with Gasteiger partial charge in [0.2, 0.25) is 11.8 Å². The second-order valence-electron chi connectivity index (χ2n) is 5.76. The van der Waals surface area contributed by atoms with E-state index in [1.165, 1.54) is 7.11 Å². The first-order valence-electron chi connectivity index (χ1n) is 8.03. The van der Waals surface area contributed by atoms with Crippen LogP contribution in [-0.4, -0.2) is 33.0 Å². The molecule has 0 saturated carbocycles. The number of aromatic amines is 1. The zero-order valence-electron chi connectivity index (χ0n) is 14.5. The molecular weight excluding hydrogens is 336 g/mol. The molecule has 1 aromatic carbocycles. The van der Waals surface area contributed by atoms with Crippen LogP contribution < -0.4 is 16.2 Å². The van der Waals surface area contributed by atoms with Gasteiger partial charge in [0.05, 0.1) is 7.11 Å². The Labute approximate surface area is 149 Å². The second kappa shape index (κ2) is 7.36. The molecule has 0 bridgehead atoms. The maximum Gasteiger partial charge on any atom is 0.316 e. The van der Waals surface area contributed by atoms with Crippen LogP contribution in [0.2, 0.25) is 0 Å². The standard InChI is InChI=1S/C17H20N6O3/c1-9(16(24)25-2)13-20-12-14(21-13)22-17(19)23-15(12)26-8-11-5-3-10(7-18)4-6-11/h3-6,9H,7-8,18H2,1-2H3,(H3,19,20,21,22,23). The van der Waals surface area contributed by atoms with E-state index in [-0.39, 0.29) is 18.4 Å². The molecule has 0 aliphatic carbocycles. The molecule has 2 aromatic heterocycles. The molecule has 1 unspecified atom stereocenters. The number of hydrogen-bond acceptors (Lipinski definition) is 8. The number of fused-ring (bicyclic) bond motifs is 1. The highest BCUT2D eigenvalue weighted by molar-refractivity contribution is 5.81. The summed E-state index contributed by atoms with van der Waals surface area (Å²) in [5, 5.41) is 0. The second-order valence-corrected chi connectivity index (χ2v) is 5.76. The van der Waals surface area contributed by atoms with Crippen molar-refractivity contribution in [3.63, 3.8) is 0 Å². The third kappa shape index (κ3) is 3.57. The minimum atomic E-state index is -0.577. The summed E-state index contributed by atoms with van der Waals surface area (Å²) in [4.78, 5) is 27.3. The molecule has 0 fully saturated rings. The summed E-state index contributed by atoms with van der Waals surface area (Å²) < 4.78 is 10.5. The predicted molar refractivity (Wildman–Crippen MR) is 95.2 cm³/mol. The number of benzene rings is 1. The molecular formula is C17H20N6O3. The number of aromatic nitrogens is 4. The number of H-pyrrole nitrogens is 1. The third-order valence-electron chi connectivity index (χ3n) is 3.95.